The first-order chi connectivity index (χ1) is 8.76. The molecule has 0 amide bonds. The van der Waals surface area contributed by atoms with Crippen LogP contribution in [0.25, 0.3) is 0 Å². The minimum absolute atomic E-state index is 0.0966. The first-order valence-corrected chi connectivity index (χ1v) is 6.21. The summed E-state index contributed by atoms with van der Waals surface area (Å²) >= 11 is 5.14. The molecule has 1 rings (SSSR count). The van der Waals surface area contributed by atoms with Crippen LogP contribution in [0.3, 0.4) is 0 Å². The van der Waals surface area contributed by atoms with Crippen LogP contribution in [-0.2, 0) is 17.1 Å². The standard InChI is InChI=1S/C11H7ClF3NO2S/c12-4-7-1-6(3-9(17)18)2-8(5-16)10(7)19-11(13,14)15/h1-2H,3-4H2,(H,17,18). The van der Waals surface area contributed by atoms with Gasteiger partial charge in [-0.15, -0.1) is 11.6 Å². The highest BCUT2D eigenvalue weighted by atomic mass is 35.5. The van der Waals surface area contributed by atoms with Crippen molar-refractivity contribution in [3.8, 4) is 6.07 Å². The molecule has 0 saturated heterocycles. The summed E-state index contributed by atoms with van der Waals surface area (Å²) < 4.78 is 37.2. The first kappa shape index (κ1) is 15.7. The average Bonchev–Trinajstić information content (AvgIpc) is 2.28. The van der Waals surface area contributed by atoms with Crippen molar-refractivity contribution in [2.45, 2.75) is 22.7 Å². The van der Waals surface area contributed by atoms with Crippen molar-refractivity contribution in [3.05, 3.63) is 28.8 Å². The van der Waals surface area contributed by atoms with Gasteiger partial charge in [-0.25, -0.2) is 0 Å². The second-order valence-corrected chi connectivity index (χ2v) is 4.84. The molecule has 8 heteroatoms. The van der Waals surface area contributed by atoms with Gasteiger partial charge in [-0.2, -0.15) is 18.4 Å². The van der Waals surface area contributed by atoms with Crippen molar-refractivity contribution in [1.82, 2.24) is 0 Å². The maximum absolute atomic E-state index is 12.4. The number of benzene rings is 1. The first-order valence-electron chi connectivity index (χ1n) is 4.86. The molecule has 19 heavy (non-hydrogen) atoms. The highest BCUT2D eigenvalue weighted by molar-refractivity contribution is 8.00. The van der Waals surface area contributed by atoms with E-state index in [-0.39, 0.29) is 33.9 Å². The molecule has 0 aromatic heterocycles. The zero-order valence-electron chi connectivity index (χ0n) is 9.29. The smallest absolute Gasteiger partial charge is 0.446 e. The van der Waals surface area contributed by atoms with E-state index in [9.17, 15) is 18.0 Å². The molecule has 102 valence electrons. The largest absolute Gasteiger partial charge is 0.481 e. The summed E-state index contributed by atoms with van der Waals surface area (Å²) in [6, 6.07) is 4.05. The van der Waals surface area contributed by atoms with E-state index < -0.39 is 23.2 Å². The number of nitriles is 1. The third-order valence-electron chi connectivity index (χ3n) is 2.06. The Labute approximate surface area is 116 Å². The lowest BCUT2D eigenvalue weighted by Gasteiger charge is -2.12. The summed E-state index contributed by atoms with van der Waals surface area (Å²) in [5.74, 6) is -1.37. The molecule has 0 fully saturated rings. The van der Waals surface area contributed by atoms with Crippen molar-refractivity contribution in [2.75, 3.05) is 0 Å². The van der Waals surface area contributed by atoms with Gasteiger partial charge in [0.2, 0.25) is 0 Å². The minimum atomic E-state index is -4.54. The SMILES string of the molecule is N#Cc1cc(CC(=O)O)cc(CCl)c1SC(F)(F)F. The Morgan fingerprint density at radius 1 is 1.47 bits per heavy atom. The van der Waals surface area contributed by atoms with Crippen LogP contribution in [0, 0.1) is 11.3 Å². The van der Waals surface area contributed by atoms with Crippen LogP contribution in [0.1, 0.15) is 16.7 Å². The van der Waals surface area contributed by atoms with E-state index >= 15 is 0 Å². The van der Waals surface area contributed by atoms with E-state index in [2.05, 4.69) is 0 Å². The Kier molecular flexibility index (Phi) is 5.09. The van der Waals surface area contributed by atoms with Gasteiger partial charge in [0.25, 0.3) is 0 Å². The summed E-state index contributed by atoms with van der Waals surface area (Å²) in [5.41, 5.74) is -4.43. The Morgan fingerprint density at radius 3 is 2.53 bits per heavy atom. The zero-order valence-corrected chi connectivity index (χ0v) is 10.9. The monoisotopic (exact) mass is 309 g/mol. The summed E-state index contributed by atoms with van der Waals surface area (Å²) in [6.07, 6.45) is -0.379. The van der Waals surface area contributed by atoms with E-state index in [1.807, 2.05) is 0 Å². The molecule has 0 bridgehead atoms. The zero-order chi connectivity index (χ0) is 14.6. The van der Waals surface area contributed by atoms with E-state index in [1.165, 1.54) is 6.07 Å². The number of hydrogen-bond donors (Lipinski definition) is 1. The van der Waals surface area contributed by atoms with Crippen LogP contribution in [0.5, 0.6) is 0 Å². The van der Waals surface area contributed by atoms with Gasteiger partial charge in [0.1, 0.15) is 6.07 Å². The van der Waals surface area contributed by atoms with E-state index in [4.69, 9.17) is 22.0 Å². The van der Waals surface area contributed by atoms with E-state index in [1.54, 1.807) is 6.07 Å². The number of nitrogens with zero attached hydrogens (tertiary/aromatic N) is 1. The molecule has 0 saturated carbocycles. The van der Waals surface area contributed by atoms with Crippen molar-refractivity contribution < 1.29 is 23.1 Å². The van der Waals surface area contributed by atoms with Crippen LogP contribution in [-0.4, -0.2) is 16.6 Å². The summed E-state index contributed by atoms with van der Waals surface area (Å²) in [6.45, 7) is 0. The quantitative estimate of drug-likeness (QED) is 0.682. The van der Waals surface area contributed by atoms with Gasteiger partial charge >= 0.3 is 11.5 Å². The molecule has 0 aliphatic heterocycles. The van der Waals surface area contributed by atoms with Gasteiger partial charge in [0, 0.05) is 10.8 Å². The fourth-order valence-electron chi connectivity index (χ4n) is 1.45. The lowest BCUT2D eigenvalue weighted by atomic mass is 10.0. The number of aliphatic carboxylic acids is 1. The Bertz CT molecular complexity index is 540. The van der Waals surface area contributed by atoms with Crippen molar-refractivity contribution in [3.63, 3.8) is 0 Å². The number of carbonyl (C=O) groups is 1. The summed E-state index contributed by atoms with van der Waals surface area (Å²) in [5, 5.41) is 17.5. The summed E-state index contributed by atoms with van der Waals surface area (Å²) in [7, 11) is 0. The van der Waals surface area contributed by atoms with Crippen molar-refractivity contribution >= 4 is 29.3 Å². The minimum Gasteiger partial charge on any atom is -0.481 e. The maximum atomic E-state index is 12.4. The lowest BCUT2D eigenvalue weighted by Crippen LogP contribution is -2.05. The fourth-order valence-corrected chi connectivity index (χ4v) is 2.45. The van der Waals surface area contributed by atoms with Crippen LogP contribution < -0.4 is 0 Å². The molecule has 0 radical (unpaired) electrons. The number of alkyl halides is 4. The van der Waals surface area contributed by atoms with Gasteiger partial charge in [0.15, 0.2) is 0 Å². The number of carboxylic acids is 1. The number of rotatable bonds is 4. The van der Waals surface area contributed by atoms with E-state index in [0.717, 1.165) is 6.07 Å². The molecule has 1 aromatic rings. The third kappa shape index (κ3) is 4.65. The van der Waals surface area contributed by atoms with Gasteiger partial charge in [-0.05, 0) is 29.0 Å². The van der Waals surface area contributed by atoms with Crippen molar-refractivity contribution in [2.24, 2.45) is 0 Å². The van der Waals surface area contributed by atoms with Crippen LogP contribution in [0.15, 0.2) is 17.0 Å². The second-order valence-electron chi connectivity index (χ2n) is 3.50. The molecule has 0 aliphatic carbocycles. The van der Waals surface area contributed by atoms with Crippen LogP contribution in [0.4, 0.5) is 13.2 Å². The van der Waals surface area contributed by atoms with Crippen LogP contribution >= 0.6 is 23.4 Å². The number of halogens is 4. The Morgan fingerprint density at radius 2 is 2.11 bits per heavy atom. The Balaban J connectivity index is 3.30. The third-order valence-corrected chi connectivity index (χ3v) is 3.27. The fraction of sp³-hybridized carbons (Fsp3) is 0.273. The normalized spacial score (nSPS) is 11.1. The van der Waals surface area contributed by atoms with Crippen molar-refractivity contribution in [1.29, 1.82) is 5.26 Å². The molecule has 1 aromatic carbocycles. The number of carboxylic acid groups (broad SMARTS) is 1. The molecule has 1 N–H and O–H groups in total. The molecule has 0 atom stereocenters. The highest BCUT2D eigenvalue weighted by Gasteiger charge is 2.32. The van der Waals surface area contributed by atoms with Gasteiger partial charge in [-0.3, -0.25) is 4.79 Å². The topological polar surface area (TPSA) is 61.1 Å². The molecule has 0 aliphatic rings. The van der Waals surface area contributed by atoms with Gasteiger partial charge < -0.3 is 5.11 Å². The van der Waals surface area contributed by atoms with E-state index in [0.29, 0.717) is 0 Å². The number of thioether (sulfide) groups is 1. The molecule has 0 heterocycles. The molecular formula is C11H7ClF3NO2S. The molecule has 3 nitrogen and oxygen atoms in total. The predicted molar refractivity (Wildman–Crippen MR) is 64.0 cm³/mol. The molecule has 0 unspecified atom stereocenters. The predicted octanol–water partition coefficient (Wildman–Crippen LogP) is 3.54. The maximum Gasteiger partial charge on any atom is 0.446 e. The second kappa shape index (κ2) is 6.17. The molecule has 0 spiro atoms. The number of hydrogen-bond acceptors (Lipinski definition) is 3. The molecular weight excluding hydrogens is 303 g/mol. The lowest BCUT2D eigenvalue weighted by molar-refractivity contribution is -0.136. The van der Waals surface area contributed by atoms with Gasteiger partial charge in [-0.1, -0.05) is 6.07 Å². The summed E-state index contributed by atoms with van der Waals surface area (Å²) in [4.78, 5) is 10.3. The van der Waals surface area contributed by atoms with Gasteiger partial charge in [0.05, 0.1) is 12.0 Å². The Hall–Kier alpha value is -1.39. The average molecular weight is 310 g/mol. The van der Waals surface area contributed by atoms with Crippen LogP contribution in [0.2, 0.25) is 0 Å². The highest BCUT2D eigenvalue weighted by Crippen LogP contribution is 2.41.